The Labute approximate surface area is 323 Å². The number of rotatable bonds is 2. The van der Waals surface area contributed by atoms with Gasteiger partial charge in [0.1, 0.15) is 11.6 Å². The number of amides is 1. The van der Waals surface area contributed by atoms with Gasteiger partial charge in [0.15, 0.2) is 5.11 Å². The van der Waals surface area contributed by atoms with E-state index in [2.05, 4.69) is 47.5 Å². The molecule has 2 aromatic heterocycles. The van der Waals surface area contributed by atoms with E-state index >= 15 is 0 Å². The first kappa shape index (κ1) is 37.0. The second-order valence-electron chi connectivity index (χ2n) is 13.9. The van der Waals surface area contributed by atoms with Gasteiger partial charge in [0.25, 0.3) is 0 Å². The van der Waals surface area contributed by atoms with Gasteiger partial charge in [0.2, 0.25) is 0 Å². The Hall–Kier alpha value is -4.32. The monoisotopic (exact) mass is 772 g/mol. The number of carbonyl (C=O) groups is 1. The molecule has 0 atom stereocenters. The zero-order valence-corrected chi connectivity index (χ0v) is 32.1. The Morgan fingerprint density at radius 3 is 2.04 bits per heavy atom. The van der Waals surface area contributed by atoms with Crippen LogP contribution in [0, 0.1) is 18.6 Å². The highest BCUT2D eigenvalue weighted by Gasteiger charge is 2.25. The molecule has 8 rings (SSSR count). The van der Waals surface area contributed by atoms with Gasteiger partial charge in [-0.1, -0.05) is 40.9 Å². The molecule has 0 spiro atoms. The van der Waals surface area contributed by atoms with Crippen LogP contribution in [-0.4, -0.2) is 57.3 Å². The van der Waals surface area contributed by atoms with Gasteiger partial charge in [0, 0.05) is 46.0 Å². The summed E-state index contributed by atoms with van der Waals surface area (Å²) in [6.45, 7) is 5.67. The van der Waals surface area contributed by atoms with Crippen LogP contribution in [0.4, 0.5) is 25.0 Å². The molecule has 6 aromatic rings. The van der Waals surface area contributed by atoms with E-state index in [1.807, 2.05) is 16.7 Å². The van der Waals surface area contributed by atoms with Crippen molar-refractivity contribution < 1.29 is 13.6 Å². The molecule has 0 unspecified atom stereocenters. The smallest absolute Gasteiger partial charge is 0.330 e. The summed E-state index contributed by atoms with van der Waals surface area (Å²) >= 11 is 18.0. The van der Waals surface area contributed by atoms with E-state index in [0.717, 1.165) is 90.6 Å². The van der Waals surface area contributed by atoms with E-state index in [1.165, 1.54) is 29.3 Å². The summed E-state index contributed by atoms with van der Waals surface area (Å²) in [4.78, 5) is 17.6. The SMILES string of the molecule is CN1CCCc2c(c3cc(F)ccc3n2C(=S)Nc2ccc(Cl)cc2Cl)C1.Cc1ccc2c(c1)c1c(n2C(=O)Nc2cccc(F)c2)CCCN(C)C1. The van der Waals surface area contributed by atoms with Crippen molar-refractivity contribution in [3.63, 3.8) is 0 Å². The van der Waals surface area contributed by atoms with Crippen LogP contribution in [0.5, 0.6) is 0 Å². The van der Waals surface area contributed by atoms with Crippen LogP contribution in [0.15, 0.2) is 78.9 Å². The van der Waals surface area contributed by atoms with E-state index in [0.29, 0.717) is 26.5 Å². The molecule has 0 saturated carbocycles. The fourth-order valence-corrected chi connectivity index (χ4v) is 8.26. The summed E-state index contributed by atoms with van der Waals surface area (Å²) in [5.74, 6) is -0.606. The first-order valence-electron chi connectivity index (χ1n) is 17.6. The number of thiocarbonyl (C=S) groups is 1. The number of anilines is 2. The Morgan fingerprint density at radius 2 is 1.36 bits per heavy atom. The van der Waals surface area contributed by atoms with Gasteiger partial charge in [-0.25, -0.2) is 13.6 Å². The standard InChI is InChI=1S/C21H22FN3O.C20H18Cl2FN3S/c1-14-8-9-20-17(11-14)18-13-24(2)10-4-7-19(18)25(20)21(26)23-16-6-3-5-15(22)12-16;1-25-8-2-3-18-15(11-25)14-10-13(23)5-7-19(14)26(18)20(27)24-17-6-4-12(21)9-16(17)22/h3,5-6,8-9,11-12H,4,7,10,13H2,1-2H3,(H,23,26);4-7,9-10H,2-3,8,11H2,1H3,(H,24,27). The maximum atomic E-state index is 14.0. The Bertz CT molecular complexity index is 2370. The van der Waals surface area contributed by atoms with Gasteiger partial charge in [0.05, 0.1) is 21.7 Å². The van der Waals surface area contributed by atoms with E-state index in [9.17, 15) is 13.6 Å². The number of halogens is 4. The summed E-state index contributed by atoms with van der Waals surface area (Å²) in [7, 11) is 4.20. The van der Waals surface area contributed by atoms with Crippen LogP contribution >= 0.6 is 35.4 Å². The number of nitrogens with zero attached hydrogens (tertiary/aromatic N) is 4. The summed E-state index contributed by atoms with van der Waals surface area (Å²) in [5, 5.41) is 9.68. The van der Waals surface area contributed by atoms with Crippen LogP contribution in [0.3, 0.4) is 0 Å². The summed E-state index contributed by atoms with van der Waals surface area (Å²) < 4.78 is 31.2. The number of nitrogens with one attached hydrogen (secondary N) is 2. The van der Waals surface area contributed by atoms with Gasteiger partial charge >= 0.3 is 6.03 Å². The molecule has 0 saturated heterocycles. The van der Waals surface area contributed by atoms with Crippen LogP contribution in [0.25, 0.3) is 21.8 Å². The highest BCUT2D eigenvalue weighted by molar-refractivity contribution is 7.80. The van der Waals surface area contributed by atoms with Gasteiger partial charge < -0.3 is 20.4 Å². The molecule has 2 N–H and O–H groups in total. The molecular weight excluding hydrogens is 733 g/mol. The lowest BCUT2D eigenvalue weighted by Gasteiger charge is -2.15. The number of fused-ring (bicyclic) bond motifs is 6. The molecule has 53 heavy (non-hydrogen) atoms. The van der Waals surface area contributed by atoms with Crippen molar-refractivity contribution in [3.05, 3.63) is 129 Å². The zero-order valence-electron chi connectivity index (χ0n) is 29.8. The molecule has 7 nitrogen and oxygen atoms in total. The minimum Gasteiger partial charge on any atom is -0.331 e. The molecule has 2 aliphatic rings. The van der Waals surface area contributed by atoms with Crippen molar-refractivity contribution in [1.29, 1.82) is 0 Å². The van der Waals surface area contributed by atoms with E-state index in [1.54, 1.807) is 47.0 Å². The fraction of sp³-hybridized carbons (Fsp3) is 0.268. The molecule has 0 fully saturated rings. The van der Waals surface area contributed by atoms with Gasteiger partial charge in [-0.05, 0) is 150 Å². The van der Waals surface area contributed by atoms with Crippen molar-refractivity contribution in [2.24, 2.45) is 0 Å². The number of benzene rings is 4. The normalized spacial score (nSPS) is 14.8. The number of hydrogen-bond donors (Lipinski definition) is 2. The average molecular weight is 774 g/mol. The Balaban J connectivity index is 0.000000164. The second-order valence-corrected chi connectivity index (χ2v) is 15.1. The molecule has 0 aliphatic carbocycles. The molecule has 1 amide bonds. The average Bonchev–Trinajstić information content (AvgIpc) is 3.36. The second kappa shape index (κ2) is 15.6. The van der Waals surface area contributed by atoms with E-state index in [-0.39, 0.29) is 17.7 Å². The molecule has 0 bridgehead atoms. The van der Waals surface area contributed by atoms with Crippen LogP contribution < -0.4 is 10.6 Å². The number of hydrogen-bond acceptors (Lipinski definition) is 4. The largest absolute Gasteiger partial charge is 0.331 e. The van der Waals surface area contributed by atoms with Crippen molar-refractivity contribution in [3.8, 4) is 0 Å². The molecule has 4 aromatic carbocycles. The van der Waals surface area contributed by atoms with Crippen LogP contribution in [0.1, 0.15) is 40.9 Å². The third kappa shape index (κ3) is 7.84. The minimum absolute atomic E-state index is 0.241. The lowest BCUT2D eigenvalue weighted by molar-refractivity contribution is 0.253. The predicted octanol–water partition coefficient (Wildman–Crippen LogP) is 10.3. The van der Waals surface area contributed by atoms with Crippen molar-refractivity contribution in [2.45, 2.75) is 45.7 Å². The number of aryl methyl sites for hydroxylation is 1. The number of aromatic nitrogens is 2. The highest BCUT2D eigenvalue weighted by atomic mass is 35.5. The lowest BCUT2D eigenvalue weighted by Crippen LogP contribution is -2.21. The first-order chi connectivity index (χ1) is 25.5. The summed E-state index contributed by atoms with van der Waals surface area (Å²) in [6.07, 6.45) is 3.76. The molecule has 0 radical (unpaired) electrons. The maximum absolute atomic E-state index is 14.0. The quantitative estimate of drug-likeness (QED) is 0.172. The molecule has 4 heterocycles. The van der Waals surface area contributed by atoms with Crippen molar-refractivity contribution in [1.82, 2.24) is 18.9 Å². The molecule has 274 valence electrons. The summed E-state index contributed by atoms with van der Waals surface area (Å²) in [5.41, 5.74) is 8.68. The maximum Gasteiger partial charge on any atom is 0.330 e. The van der Waals surface area contributed by atoms with E-state index < -0.39 is 0 Å². The van der Waals surface area contributed by atoms with Gasteiger partial charge in [-0.2, -0.15) is 0 Å². The Kier molecular flexibility index (Phi) is 10.9. The summed E-state index contributed by atoms with van der Waals surface area (Å²) in [6, 6.07) is 22.0. The van der Waals surface area contributed by atoms with Crippen molar-refractivity contribution in [2.75, 3.05) is 37.8 Å². The highest BCUT2D eigenvalue weighted by Crippen LogP contribution is 2.34. The lowest BCUT2D eigenvalue weighted by atomic mass is 10.1. The van der Waals surface area contributed by atoms with Crippen molar-refractivity contribution >= 4 is 79.7 Å². The third-order valence-corrected chi connectivity index (χ3v) is 10.7. The van der Waals surface area contributed by atoms with Crippen LogP contribution in [-0.2, 0) is 25.9 Å². The zero-order chi connectivity index (χ0) is 37.4. The molecule has 2 aliphatic heterocycles. The topological polar surface area (TPSA) is 57.5 Å². The van der Waals surface area contributed by atoms with Crippen LogP contribution in [0.2, 0.25) is 10.0 Å². The molecular formula is C41H40Cl2F2N6OS. The first-order valence-corrected chi connectivity index (χ1v) is 18.8. The fourth-order valence-electron chi connectivity index (χ4n) is 7.48. The van der Waals surface area contributed by atoms with Gasteiger partial charge in [-0.3, -0.25) is 9.13 Å². The minimum atomic E-state index is -0.365. The van der Waals surface area contributed by atoms with E-state index in [4.69, 9.17) is 35.4 Å². The number of carbonyl (C=O) groups excluding carboxylic acids is 1. The Morgan fingerprint density at radius 1 is 0.736 bits per heavy atom. The van der Waals surface area contributed by atoms with Gasteiger partial charge in [-0.15, -0.1) is 0 Å². The third-order valence-electron chi connectivity index (χ3n) is 9.90. The molecule has 12 heteroatoms. The predicted molar refractivity (Wildman–Crippen MR) is 217 cm³/mol.